The minimum absolute atomic E-state index is 0.0826. The monoisotopic (exact) mass is 396 g/mol. The van der Waals surface area contributed by atoms with Gasteiger partial charge in [0.05, 0.1) is 35.4 Å². The Balaban J connectivity index is 1.50. The maximum absolute atomic E-state index is 12.6. The largest absolute Gasteiger partial charge is 0.373 e. The predicted molar refractivity (Wildman–Crippen MR) is 89.6 cm³/mol. The molecule has 0 radical (unpaired) electrons. The average molecular weight is 396 g/mol. The van der Waals surface area contributed by atoms with E-state index < -0.39 is 46.1 Å². The quantitative estimate of drug-likeness (QED) is 0.647. The second-order valence-corrected chi connectivity index (χ2v) is 8.88. The van der Waals surface area contributed by atoms with E-state index in [1.54, 1.807) is 14.0 Å². The maximum Gasteiger partial charge on any atom is 0.267 e. The zero-order chi connectivity index (χ0) is 19.7. The number of ether oxygens (including phenoxy) is 1. The van der Waals surface area contributed by atoms with Crippen LogP contribution in [0.15, 0.2) is 4.90 Å². The summed E-state index contributed by atoms with van der Waals surface area (Å²) in [7, 11) is -2.56. The first-order valence-electron chi connectivity index (χ1n) is 8.68. The fourth-order valence-electron chi connectivity index (χ4n) is 4.45. The molecule has 0 aliphatic carbocycles. The smallest absolute Gasteiger partial charge is 0.267 e. The number of carbonyl (C=O) groups is 3. The Bertz CT molecular complexity index is 940. The van der Waals surface area contributed by atoms with Gasteiger partial charge in [0.25, 0.3) is 15.9 Å². The predicted octanol–water partition coefficient (Wildman–Crippen LogP) is -0.996. The average Bonchev–Trinajstić information content (AvgIpc) is 3.28. The van der Waals surface area contributed by atoms with Crippen LogP contribution in [0.1, 0.15) is 24.2 Å². The lowest BCUT2D eigenvalue weighted by atomic mass is 9.81. The van der Waals surface area contributed by atoms with Crippen molar-refractivity contribution in [3.63, 3.8) is 0 Å². The molecule has 4 rings (SSSR count). The molecule has 27 heavy (non-hydrogen) atoms. The minimum atomic E-state index is -4.16. The van der Waals surface area contributed by atoms with Gasteiger partial charge in [0, 0.05) is 7.05 Å². The summed E-state index contributed by atoms with van der Waals surface area (Å²) in [5, 5.41) is 4.03. The van der Waals surface area contributed by atoms with Crippen molar-refractivity contribution < 1.29 is 27.5 Å². The van der Waals surface area contributed by atoms with E-state index in [4.69, 9.17) is 4.74 Å². The van der Waals surface area contributed by atoms with E-state index in [0.29, 0.717) is 5.69 Å². The lowest BCUT2D eigenvalue weighted by Gasteiger charge is -2.17. The molecule has 11 heteroatoms. The van der Waals surface area contributed by atoms with Gasteiger partial charge in [0.15, 0.2) is 0 Å². The molecule has 10 nitrogen and oxygen atoms in total. The summed E-state index contributed by atoms with van der Waals surface area (Å²) in [6, 6.07) is 0. The number of nitrogens with one attached hydrogen (secondary N) is 1. The molecule has 3 fully saturated rings. The number of sulfonamides is 1. The van der Waals surface area contributed by atoms with Crippen molar-refractivity contribution in [1.82, 2.24) is 19.4 Å². The normalized spacial score (nSPS) is 29.5. The number of aryl methyl sites for hydroxylation is 2. The van der Waals surface area contributed by atoms with E-state index >= 15 is 0 Å². The standard InChI is InChI=1S/C16H20N4O6S/c1-7-14(8(2)19(3)17-7)27(24,25)18-11(21)6-20-15(22)12-9-4-5-10(26-9)13(12)16(20)23/h9-10,12-13H,4-6H2,1-3H3,(H,18,21). The molecule has 0 saturated carbocycles. The van der Waals surface area contributed by atoms with Gasteiger partial charge in [0.1, 0.15) is 11.4 Å². The summed E-state index contributed by atoms with van der Waals surface area (Å²) in [4.78, 5) is 38.2. The van der Waals surface area contributed by atoms with Crippen molar-refractivity contribution in [3.8, 4) is 0 Å². The summed E-state index contributed by atoms with van der Waals surface area (Å²) in [6.07, 6.45) is 0.875. The van der Waals surface area contributed by atoms with Crippen LogP contribution in [0.25, 0.3) is 0 Å². The summed E-state index contributed by atoms with van der Waals surface area (Å²) < 4.78 is 34.1. The topological polar surface area (TPSA) is 128 Å². The first kappa shape index (κ1) is 18.1. The molecule has 0 spiro atoms. The molecule has 4 atom stereocenters. The van der Waals surface area contributed by atoms with Crippen LogP contribution in [0.2, 0.25) is 0 Å². The van der Waals surface area contributed by atoms with E-state index in [2.05, 4.69) is 5.10 Å². The summed E-state index contributed by atoms with van der Waals surface area (Å²) in [5.74, 6) is -2.96. The molecule has 0 aromatic carbocycles. The van der Waals surface area contributed by atoms with Gasteiger partial charge in [-0.15, -0.1) is 0 Å². The van der Waals surface area contributed by atoms with Crippen LogP contribution in [0.5, 0.6) is 0 Å². The molecule has 146 valence electrons. The minimum Gasteiger partial charge on any atom is -0.373 e. The second-order valence-electron chi connectivity index (χ2n) is 7.26. The van der Waals surface area contributed by atoms with Gasteiger partial charge in [-0.3, -0.25) is 24.0 Å². The van der Waals surface area contributed by atoms with Crippen molar-refractivity contribution in [2.24, 2.45) is 18.9 Å². The van der Waals surface area contributed by atoms with Gasteiger partial charge in [-0.25, -0.2) is 13.1 Å². The molecule has 3 aliphatic heterocycles. The first-order valence-corrected chi connectivity index (χ1v) is 10.2. The summed E-state index contributed by atoms with van der Waals surface area (Å²) >= 11 is 0. The molecule has 4 unspecified atom stereocenters. The van der Waals surface area contributed by atoms with E-state index in [0.717, 1.165) is 17.7 Å². The zero-order valence-corrected chi connectivity index (χ0v) is 15.9. The Hall–Kier alpha value is -2.27. The molecule has 3 amide bonds. The van der Waals surface area contributed by atoms with E-state index in [9.17, 15) is 22.8 Å². The number of nitrogens with zero attached hydrogens (tertiary/aromatic N) is 3. The van der Waals surface area contributed by atoms with Crippen LogP contribution in [-0.4, -0.2) is 59.6 Å². The third-order valence-electron chi connectivity index (χ3n) is 5.64. The number of imide groups is 1. The van der Waals surface area contributed by atoms with Crippen molar-refractivity contribution >= 4 is 27.7 Å². The number of carbonyl (C=O) groups excluding carboxylic acids is 3. The van der Waals surface area contributed by atoms with Gasteiger partial charge in [-0.1, -0.05) is 0 Å². The first-order chi connectivity index (χ1) is 12.6. The van der Waals surface area contributed by atoms with Crippen LogP contribution in [0.3, 0.4) is 0 Å². The fraction of sp³-hybridized carbons (Fsp3) is 0.625. The molecular weight excluding hydrogens is 376 g/mol. The van der Waals surface area contributed by atoms with Crippen molar-refractivity contribution in [1.29, 1.82) is 0 Å². The highest BCUT2D eigenvalue weighted by molar-refractivity contribution is 7.90. The Morgan fingerprint density at radius 1 is 1.19 bits per heavy atom. The highest BCUT2D eigenvalue weighted by Gasteiger charge is 2.62. The lowest BCUT2D eigenvalue weighted by Crippen LogP contribution is -2.44. The Kier molecular flexibility index (Phi) is 3.93. The fourth-order valence-corrected chi connectivity index (χ4v) is 5.87. The molecule has 3 saturated heterocycles. The van der Waals surface area contributed by atoms with Gasteiger partial charge >= 0.3 is 0 Å². The van der Waals surface area contributed by atoms with Crippen LogP contribution >= 0.6 is 0 Å². The third-order valence-corrected chi connectivity index (χ3v) is 7.26. The number of hydrogen-bond acceptors (Lipinski definition) is 7. The second kappa shape index (κ2) is 5.86. The summed E-state index contributed by atoms with van der Waals surface area (Å²) in [6.45, 7) is 2.47. The van der Waals surface area contributed by atoms with Crippen molar-refractivity contribution in [2.75, 3.05) is 6.54 Å². The number of fused-ring (bicyclic) bond motifs is 5. The van der Waals surface area contributed by atoms with Crippen molar-refractivity contribution in [2.45, 2.75) is 43.8 Å². The van der Waals surface area contributed by atoms with Gasteiger partial charge in [-0.05, 0) is 26.7 Å². The zero-order valence-electron chi connectivity index (χ0n) is 15.1. The van der Waals surface area contributed by atoms with Gasteiger partial charge < -0.3 is 4.74 Å². The Morgan fingerprint density at radius 2 is 1.74 bits per heavy atom. The number of likely N-dealkylation sites (tertiary alicyclic amines) is 1. The Labute approximate surface area is 155 Å². The van der Waals surface area contributed by atoms with Crippen LogP contribution in [-0.2, 0) is 36.2 Å². The lowest BCUT2D eigenvalue weighted by molar-refractivity contribution is -0.145. The number of rotatable bonds is 4. The SMILES string of the molecule is Cc1nn(C)c(C)c1S(=O)(=O)NC(=O)CN1C(=O)C2C3CCC(O3)C2C1=O. The third kappa shape index (κ3) is 2.59. The molecule has 3 aliphatic rings. The maximum atomic E-state index is 12.6. The summed E-state index contributed by atoms with van der Waals surface area (Å²) in [5.41, 5.74) is 0.635. The molecule has 1 aromatic rings. The van der Waals surface area contributed by atoms with Crippen LogP contribution < -0.4 is 4.72 Å². The number of hydrogen-bond donors (Lipinski definition) is 1. The highest BCUT2D eigenvalue weighted by atomic mass is 32.2. The number of aromatic nitrogens is 2. The van der Waals surface area contributed by atoms with Gasteiger partial charge in [-0.2, -0.15) is 5.10 Å². The van der Waals surface area contributed by atoms with E-state index in [1.807, 2.05) is 4.72 Å². The van der Waals surface area contributed by atoms with Crippen LogP contribution in [0.4, 0.5) is 0 Å². The molecule has 1 aromatic heterocycles. The van der Waals surface area contributed by atoms with E-state index in [-0.39, 0.29) is 22.8 Å². The molecule has 2 bridgehead atoms. The molecular formula is C16H20N4O6S. The van der Waals surface area contributed by atoms with Gasteiger partial charge in [0.2, 0.25) is 11.8 Å². The van der Waals surface area contributed by atoms with Crippen LogP contribution in [0, 0.1) is 25.7 Å². The Morgan fingerprint density at radius 3 is 2.22 bits per heavy atom. The number of amides is 3. The highest BCUT2D eigenvalue weighted by Crippen LogP contribution is 2.48. The molecule has 1 N–H and O–H groups in total. The van der Waals surface area contributed by atoms with Crippen molar-refractivity contribution in [3.05, 3.63) is 11.4 Å². The van der Waals surface area contributed by atoms with E-state index in [1.165, 1.54) is 11.6 Å². The molecule has 4 heterocycles.